The van der Waals surface area contributed by atoms with E-state index in [9.17, 15) is 5.11 Å². The van der Waals surface area contributed by atoms with E-state index in [1.54, 1.807) is 0 Å². The third-order valence-electron chi connectivity index (χ3n) is 2.48. The lowest BCUT2D eigenvalue weighted by Crippen LogP contribution is -2.26. The summed E-state index contributed by atoms with van der Waals surface area (Å²) in [6, 6.07) is 0. The standard InChI is InChI=1S/C11H20N2O2/c1-4-5-10(14)6-12-7-11-8(2)13-15-9(11)3/h10,12,14H,4-7H2,1-3H3. The van der Waals surface area contributed by atoms with Crippen LogP contribution >= 0.6 is 0 Å². The lowest BCUT2D eigenvalue weighted by Gasteiger charge is -2.10. The Morgan fingerprint density at radius 3 is 2.73 bits per heavy atom. The lowest BCUT2D eigenvalue weighted by molar-refractivity contribution is 0.160. The maximum Gasteiger partial charge on any atom is 0.138 e. The molecule has 2 N–H and O–H groups in total. The SMILES string of the molecule is CCCC(O)CNCc1c(C)noc1C. The van der Waals surface area contributed by atoms with Crippen LogP contribution in [0.5, 0.6) is 0 Å². The highest BCUT2D eigenvalue weighted by Gasteiger charge is 2.09. The molecule has 0 bridgehead atoms. The van der Waals surface area contributed by atoms with E-state index >= 15 is 0 Å². The van der Waals surface area contributed by atoms with Crippen LogP contribution in [0.4, 0.5) is 0 Å². The van der Waals surface area contributed by atoms with Gasteiger partial charge in [0.2, 0.25) is 0 Å². The Balaban J connectivity index is 2.31. The summed E-state index contributed by atoms with van der Waals surface area (Å²) in [6.07, 6.45) is 1.60. The third-order valence-corrected chi connectivity index (χ3v) is 2.48. The average Bonchev–Trinajstić information content (AvgIpc) is 2.49. The predicted molar refractivity (Wildman–Crippen MR) is 58.6 cm³/mol. The number of aliphatic hydroxyl groups is 1. The van der Waals surface area contributed by atoms with E-state index in [2.05, 4.69) is 17.4 Å². The lowest BCUT2D eigenvalue weighted by atomic mass is 10.2. The molecule has 86 valence electrons. The van der Waals surface area contributed by atoms with Gasteiger partial charge in [0.15, 0.2) is 0 Å². The molecule has 0 aliphatic heterocycles. The minimum absolute atomic E-state index is 0.254. The number of nitrogens with zero attached hydrogens (tertiary/aromatic N) is 1. The van der Waals surface area contributed by atoms with Gasteiger partial charge in [-0.05, 0) is 20.3 Å². The molecule has 0 amide bonds. The Kier molecular flexibility index (Phi) is 4.78. The third kappa shape index (κ3) is 3.64. The van der Waals surface area contributed by atoms with Gasteiger partial charge in [-0.3, -0.25) is 0 Å². The van der Waals surface area contributed by atoms with Crippen LogP contribution in [0.2, 0.25) is 0 Å². The maximum absolute atomic E-state index is 9.51. The van der Waals surface area contributed by atoms with Gasteiger partial charge < -0.3 is 14.9 Å². The van der Waals surface area contributed by atoms with E-state index < -0.39 is 0 Å². The summed E-state index contributed by atoms with van der Waals surface area (Å²) >= 11 is 0. The van der Waals surface area contributed by atoms with Crippen LogP contribution in [0.1, 0.15) is 36.8 Å². The van der Waals surface area contributed by atoms with E-state index in [4.69, 9.17) is 4.52 Å². The molecule has 1 heterocycles. The fraction of sp³-hybridized carbons (Fsp3) is 0.727. The second-order valence-corrected chi connectivity index (χ2v) is 3.88. The molecule has 1 rings (SSSR count). The Labute approximate surface area is 90.7 Å². The van der Waals surface area contributed by atoms with E-state index in [0.717, 1.165) is 29.9 Å². The molecule has 0 fully saturated rings. The molecule has 1 unspecified atom stereocenters. The van der Waals surface area contributed by atoms with Crippen molar-refractivity contribution in [2.75, 3.05) is 6.54 Å². The van der Waals surface area contributed by atoms with Gasteiger partial charge in [0.05, 0.1) is 11.8 Å². The molecule has 0 saturated carbocycles. The smallest absolute Gasteiger partial charge is 0.138 e. The molecule has 15 heavy (non-hydrogen) atoms. The molecular formula is C11H20N2O2. The molecule has 0 aromatic carbocycles. The number of aryl methyl sites for hydroxylation is 2. The van der Waals surface area contributed by atoms with Gasteiger partial charge in [-0.1, -0.05) is 18.5 Å². The summed E-state index contributed by atoms with van der Waals surface area (Å²) in [4.78, 5) is 0. The summed E-state index contributed by atoms with van der Waals surface area (Å²) in [5.41, 5.74) is 2.02. The van der Waals surface area contributed by atoms with Gasteiger partial charge >= 0.3 is 0 Å². The highest BCUT2D eigenvalue weighted by Crippen LogP contribution is 2.11. The summed E-state index contributed by atoms with van der Waals surface area (Å²) in [6.45, 7) is 7.23. The highest BCUT2D eigenvalue weighted by atomic mass is 16.5. The summed E-state index contributed by atoms with van der Waals surface area (Å²) in [7, 11) is 0. The Bertz CT molecular complexity index is 277. The van der Waals surface area contributed by atoms with Crippen molar-refractivity contribution in [1.82, 2.24) is 10.5 Å². The van der Waals surface area contributed by atoms with Crippen LogP contribution in [0.25, 0.3) is 0 Å². The largest absolute Gasteiger partial charge is 0.392 e. The zero-order valence-corrected chi connectivity index (χ0v) is 9.71. The zero-order chi connectivity index (χ0) is 11.3. The number of rotatable bonds is 6. The van der Waals surface area contributed by atoms with Gasteiger partial charge in [0.25, 0.3) is 0 Å². The number of aromatic nitrogens is 1. The average molecular weight is 212 g/mol. The first-order valence-electron chi connectivity index (χ1n) is 5.45. The van der Waals surface area contributed by atoms with Crippen LogP contribution < -0.4 is 5.32 Å². The fourth-order valence-electron chi connectivity index (χ4n) is 1.55. The zero-order valence-electron chi connectivity index (χ0n) is 9.71. The Morgan fingerprint density at radius 1 is 1.47 bits per heavy atom. The molecule has 0 aliphatic rings. The van der Waals surface area contributed by atoms with Gasteiger partial charge in [-0.2, -0.15) is 0 Å². The summed E-state index contributed by atoms with van der Waals surface area (Å²) in [5, 5.41) is 16.6. The molecule has 1 atom stereocenters. The Morgan fingerprint density at radius 2 is 2.20 bits per heavy atom. The minimum atomic E-state index is -0.254. The number of nitrogens with one attached hydrogen (secondary N) is 1. The molecular weight excluding hydrogens is 192 g/mol. The first-order valence-corrected chi connectivity index (χ1v) is 5.45. The number of hydrogen-bond acceptors (Lipinski definition) is 4. The van der Waals surface area contributed by atoms with Gasteiger partial charge in [0.1, 0.15) is 5.76 Å². The van der Waals surface area contributed by atoms with Crippen LogP contribution in [0.15, 0.2) is 4.52 Å². The van der Waals surface area contributed by atoms with Crippen molar-refractivity contribution in [2.24, 2.45) is 0 Å². The van der Waals surface area contributed by atoms with Crippen molar-refractivity contribution in [1.29, 1.82) is 0 Å². The quantitative estimate of drug-likeness (QED) is 0.751. The van der Waals surface area contributed by atoms with Crippen LogP contribution in [-0.4, -0.2) is 22.9 Å². The van der Waals surface area contributed by atoms with Gasteiger partial charge in [-0.25, -0.2) is 0 Å². The molecule has 0 radical (unpaired) electrons. The van der Waals surface area contributed by atoms with Crippen molar-refractivity contribution in [3.63, 3.8) is 0 Å². The maximum atomic E-state index is 9.51. The normalized spacial score (nSPS) is 13.1. The topological polar surface area (TPSA) is 58.3 Å². The molecule has 0 aliphatic carbocycles. The minimum Gasteiger partial charge on any atom is -0.392 e. The van der Waals surface area contributed by atoms with E-state index in [0.29, 0.717) is 13.1 Å². The van der Waals surface area contributed by atoms with Gasteiger partial charge in [-0.15, -0.1) is 0 Å². The molecule has 4 nitrogen and oxygen atoms in total. The van der Waals surface area contributed by atoms with Crippen molar-refractivity contribution in [2.45, 2.75) is 46.3 Å². The summed E-state index contributed by atoms with van der Waals surface area (Å²) < 4.78 is 5.05. The van der Waals surface area contributed by atoms with E-state index in [1.165, 1.54) is 0 Å². The first kappa shape index (κ1) is 12.2. The van der Waals surface area contributed by atoms with Crippen molar-refractivity contribution in [3.8, 4) is 0 Å². The van der Waals surface area contributed by atoms with Crippen LogP contribution in [0, 0.1) is 13.8 Å². The molecule has 0 spiro atoms. The second kappa shape index (κ2) is 5.88. The molecule has 0 saturated heterocycles. The van der Waals surface area contributed by atoms with E-state index in [1.807, 2.05) is 13.8 Å². The van der Waals surface area contributed by atoms with Crippen molar-refractivity contribution in [3.05, 3.63) is 17.0 Å². The van der Waals surface area contributed by atoms with Crippen LogP contribution in [-0.2, 0) is 6.54 Å². The fourth-order valence-corrected chi connectivity index (χ4v) is 1.55. The van der Waals surface area contributed by atoms with Crippen LogP contribution in [0.3, 0.4) is 0 Å². The number of aliphatic hydroxyl groups excluding tert-OH is 1. The Hall–Kier alpha value is -0.870. The first-order chi connectivity index (χ1) is 7.15. The number of hydrogen-bond donors (Lipinski definition) is 2. The summed E-state index contributed by atoms with van der Waals surface area (Å²) in [5.74, 6) is 0.852. The van der Waals surface area contributed by atoms with Gasteiger partial charge in [0, 0.05) is 18.7 Å². The molecule has 1 aromatic rings. The second-order valence-electron chi connectivity index (χ2n) is 3.88. The molecule has 1 aromatic heterocycles. The van der Waals surface area contributed by atoms with E-state index in [-0.39, 0.29) is 6.10 Å². The molecule has 4 heteroatoms. The highest BCUT2D eigenvalue weighted by molar-refractivity contribution is 5.20. The monoisotopic (exact) mass is 212 g/mol. The predicted octanol–water partition coefficient (Wildman–Crippen LogP) is 1.54. The van der Waals surface area contributed by atoms with Crippen molar-refractivity contribution >= 4 is 0 Å². The van der Waals surface area contributed by atoms with Crippen molar-refractivity contribution < 1.29 is 9.63 Å².